The molecule has 0 N–H and O–H groups in total. The minimum absolute atomic E-state index is 0.0286. The fourth-order valence-electron chi connectivity index (χ4n) is 13.7. The zero-order valence-corrected chi connectivity index (χ0v) is 44.9. The summed E-state index contributed by atoms with van der Waals surface area (Å²) in [6.07, 6.45) is 0. The first-order chi connectivity index (χ1) is 35.3. The molecule has 1 aliphatic rings. The smallest absolute Gasteiger partial charge is 0.0641 e. The van der Waals surface area contributed by atoms with Gasteiger partial charge in [0.2, 0.25) is 0 Å². The van der Waals surface area contributed by atoms with Crippen LogP contribution in [0, 0.1) is 0 Å². The molecule has 0 bridgehead atoms. The van der Waals surface area contributed by atoms with Gasteiger partial charge in [-0.2, -0.15) is 0 Å². The fraction of sp³-hybridized carbons (Fsp3) is 0.239. The summed E-state index contributed by atoms with van der Waals surface area (Å²) in [5, 5.41) is 13.1. The first kappa shape index (κ1) is 43.9. The summed E-state index contributed by atoms with van der Waals surface area (Å²) in [5.41, 5.74) is 23.9. The van der Waals surface area contributed by atoms with Crippen LogP contribution in [0.5, 0.6) is 0 Å². The lowest BCUT2D eigenvalue weighted by molar-refractivity contribution is 0.589. The Morgan fingerprint density at radius 2 is 0.689 bits per heavy atom. The lowest BCUT2D eigenvalue weighted by Gasteiger charge is -2.21. The van der Waals surface area contributed by atoms with Crippen LogP contribution >= 0.6 is 0 Å². The molecular formula is C71H63N3. The normalized spacial score (nSPS) is 14.2. The average Bonchev–Trinajstić information content (AvgIpc) is 4.21. The summed E-state index contributed by atoms with van der Waals surface area (Å²) < 4.78 is 7.76. The van der Waals surface area contributed by atoms with Crippen molar-refractivity contribution < 1.29 is 0 Å². The van der Waals surface area contributed by atoms with E-state index in [0.29, 0.717) is 0 Å². The van der Waals surface area contributed by atoms with Gasteiger partial charge >= 0.3 is 0 Å². The Morgan fingerprint density at radius 1 is 0.297 bits per heavy atom. The van der Waals surface area contributed by atoms with E-state index in [0.717, 1.165) is 0 Å². The van der Waals surface area contributed by atoms with Gasteiger partial charge in [-0.1, -0.05) is 186 Å². The number of aromatic nitrogens is 3. The molecule has 0 atom stereocenters. The van der Waals surface area contributed by atoms with E-state index in [1.807, 2.05) is 0 Å². The number of fused-ring (bicyclic) bond motifs is 18. The van der Waals surface area contributed by atoms with Gasteiger partial charge in [-0.25, -0.2) is 0 Å². The van der Waals surface area contributed by atoms with Crippen molar-refractivity contribution in [2.24, 2.45) is 0 Å². The third-order valence-electron chi connectivity index (χ3n) is 17.6. The van der Waals surface area contributed by atoms with Gasteiger partial charge in [-0.3, -0.25) is 0 Å². The number of benzene rings is 9. The predicted molar refractivity (Wildman–Crippen MR) is 318 cm³/mol. The summed E-state index contributed by atoms with van der Waals surface area (Å²) in [6.45, 7) is 28.0. The molecule has 74 heavy (non-hydrogen) atoms. The van der Waals surface area contributed by atoms with Gasteiger partial charge in [0.05, 0.1) is 49.8 Å². The van der Waals surface area contributed by atoms with Gasteiger partial charge in [0.15, 0.2) is 0 Å². The van der Waals surface area contributed by atoms with Crippen LogP contribution in [-0.4, -0.2) is 13.4 Å². The Labute approximate surface area is 433 Å². The maximum Gasteiger partial charge on any atom is 0.0641 e. The molecule has 0 spiro atoms. The van der Waals surface area contributed by atoms with Crippen LogP contribution in [0.15, 0.2) is 158 Å². The Morgan fingerprint density at radius 3 is 1.18 bits per heavy atom. The maximum atomic E-state index is 2.61. The minimum Gasteiger partial charge on any atom is -0.309 e. The highest BCUT2D eigenvalue weighted by molar-refractivity contribution is 6.31. The number of rotatable bonds is 2. The molecule has 0 amide bonds. The van der Waals surface area contributed by atoms with Crippen LogP contribution in [0.1, 0.15) is 128 Å². The van der Waals surface area contributed by atoms with Crippen molar-refractivity contribution in [2.75, 3.05) is 0 Å². The quantitative estimate of drug-likeness (QED) is 0.164. The van der Waals surface area contributed by atoms with E-state index >= 15 is 0 Å². The summed E-state index contributed by atoms with van der Waals surface area (Å²) >= 11 is 0. The molecule has 0 radical (unpaired) electrons. The zero-order chi connectivity index (χ0) is 50.9. The molecule has 0 aliphatic heterocycles. The van der Waals surface area contributed by atoms with Gasteiger partial charge in [0.1, 0.15) is 0 Å². The first-order valence-electron chi connectivity index (χ1n) is 27.0. The largest absolute Gasteiger partial charge is 0.309 e. The summed E-state index contributed by atoms with van der Waals surface area (Å²) in [4.78, 5) is 0. The molecule has 1 aliphatic carbocycles. The second kappa shape index (κ2) is 14.2. The predicted octanol–water partition coefficient (Wildman–Crippen LogP) is 19.4. The van der Waals surface area contributed by atoms with Crippen LogP contribution in [0.25, 0.3) is 115 Å². The van der Waals surface area contributed by atoms with Crippen LogP contribution in [0.2, 0.25) is 0 Å². The maximum absolute atomic E-state index is 2.61. The van der Waals surface area contributed by atoms with Crippen molar-refractivity contribution in [3.8, 4) is 16.8 Å². The number of hydrogen-bond acceptors (Lipinski definition) is 0. The second-order valence-corrected chi connectivity index (χ2v) is 26.2. The van der Waals surface area contributed by atoms with Crippen molar-refractivity contribution in [2.45, 2.75) is 111 Å². The first-order valence-corrected chi connectivity index (χ1v) is 27.0. The average molecular weight is 958 g/mol. The highest BCUT2D eigenvalue weighted by Crippen LogP contribution is 2.54. The number of para-hydroxylation sites is 2. The standard InChI is InChI=1S/C71H63N3/c1-68(2,3)39-21-25-43-50(33-39)51-34-40(69(4,5)6)22-26-44(51)63(43)49-28-27-45-54-37-62-55(38-61(54)73-56-19-15-13-17-47(56)64(49)66(45)73)46-29-32-60(65-48-18-14-16-20-57(48)74(62)67(46)65)72-58-30-23-41(70(7,8)9)35-52(58)53-36-42(71(10,11)12)24-31-59(53)72/h13-38,63H,1-12H3. The van der Waals surface area contributed by atoms with E-state index in [2.05, 4.69) is 254 Å². The highest BCUT2D eigenvalue weighted by atomic mass is 15.0. The molecule has 362 valence electrons. The molecule has 9 aromatic carbocycles. The van der Waals surface area contributed by atoms with Crippen LogP contribution in [-0.2, 0) is 21.7 Å². The molecule has 0 unspecified atom stereocenters. The van der Waals surface area contributed by atoms with Gasteiger partial charge in [0.25, 0.3) is 0 Å². The van der Waals surface area contributed by atoms with E-state index in [-0.39, 0.29) is 27.6 Å². The van der Waals surface area contributed by atoms with Crippen LogP contribution < -0.4 is 0 Å². The second-order valence-electron chi connectivity index (χ2n) is 26.2. The van der Waals surface area contributed by atoms with Crippen molar-refractivity contribution in [1.82, 2.24) is 13.4 Å². The lowest BCUT2D eigenvalue weighted by Crippen LogP contribution is -2.11. The topological polar surface area (TPSA) is 13.8 Å². The summed E-state index contributed by atoms with van der Waals surface area (Å²) in [5.74, 6) is 0.112. The van der Waals surface area contributed by atoms with Crippen molar-refractivity contribution in [1.29, 1.82) is 0 Å². The van der Waals surface area contributed by atoms with Crippen molar-refractivity contribution >= 4 is 98.0 Å². The molecule has 15 rings (SSSR count). The molecule has 0 saturated heterocycles. The van der Waals surface area contributed by atoms with E-state index in [1.54, 1.807) is 0 Å². The van der Waals surface area contributed by atoms with Gasteiger partial charge in [-0.05, 0) is 126 Å². The van der Waals surface area contributed by atoms with Gasteiger partial charge in [-0.15, -0.1) is 0 Å². The van der Waals surface area contributed by atoms with Gasteiger partial charge < -0.3 is 13.4 Å². The van der Waals surface area contributed by atoms with Gasteiger partial charge in [0, 0.05) is 59.8 Å². The zero-order valence-electron chi connectivity index (χ0n) is 44.9. The highest BCUT2D eigenvalue weighted by Gasteiger charge is 2.35. The Hall–Kier alpha value is -7.62. The fourth-order valence-corrected chi connectivity index (χ4v) is 13.7. The molecule has 14 aromatic rings. The Bertz CT molecular complexity index is 4610. The van der Waals surface area contributed by atoms with E-state index in [4.69, 9.17) is 0 Å². The Kier molecular flexibility index (Phi) is 8.40. The molecule has 3 nitrogen and oxygen atoms in total. The molecular weight excluding hydrogens is 895 g/mol. The Balaban J connectivity index is 1.00. The molecule has 0 saturated carbocycles. The molecule has 3 heteroatoms. The lowest BCUT2D eigenvalue weighted by atomic mass is 9.82. The minimum atomic E-state index is 0.0286. The van der Waals surface area contributed by atoms with Crippen molar-refractivity contribution in [3.63, 3.8) is 0 Å². The number of nitrogens with zero attached hydrogens (tertiary/aromatic N) is 3. The molecule has 0 fully saturated rings. The summed E-state index contributed by atoms with van der Waals surface area (Å²) in [6, 6.07) is 62.2. The SMILES string of the molecule is CC(C)(C)c1ccc2c(c1)-c1cc(C(C)(C)C)ccc1C2c1ccc2c3cc4c(cc3n3c5ccccc5c1c23)c1ccc(-n2c3ccc(C(C)(C)C)cc3c3cc(C(C)(C)C)ccc32)c2c3ccccc3n4c12. The third kappa shape index (κ3) is 5.73. The summed E-state index contributed by atoms with van der Waals surface area (Å²) in [7, 11) is 0. The molecule has 5 heterocycles. The monoisotopic (exact) mass is 958 g/mol. The van der Waals surface area contributed by atoms with Crippen LogP contribution in [0.4, 0.5) is 0 Å². The van der Waals surface area contributed by atoms with E-state index < -0.39 is 0 Å². The number of hydrogen-bond donors (Lipinski definition) is 0. The van der Waals surface area contributed by atoms with E-state index in [9.17, 15) is 0 Å². The van der Waals surface area contributed by atoms with Crippen LogP contribution in [0.3, 0.4) is 0 Å². The van der Waals surface area contributed by atoms with Crippen molar-refractivity contribution in [3.05, 3.63) is 197 Å². The van der Waals surface area contributed by atoms with E-state index in [1.165, 1.54) is 154 Å². The molecule has 5 aromatic heterocycles. The third-order valence-corrected chi connectivity index (χ3v) is 17.6.